The molecule has 140 valence electrons. The fourth-order valence-corrected chi connectivity index (χ4v) is 2.79. The summed E-state index contributed by atoms with van der Waals surface area (Å²) in [5.41, 5.74) is 11.9. The molecular formula is C16H23N7O3. The van der Waals surface area contributed by atoms with Gasteiger partial charge in [0.05, 0.1) is 18.9 Å². The number of anilines is 2. The van der Waals surface area contributed by atoms with E-state index in [2.05, 4.69) is 32.1 Å². The quantitative estimate of drug-likeness (QED) is 0.465. The largest absolute Gasteiger partial charge is 0.480 e. The number of carboxylic acid groups (broad SMARTS) is 1. The van der Waals surface area contributed by atoms with Gasteiger partial charge in [-0.25, -0.2) is 4.98 Å². The number of hydrogen-bond donors (Lipinski definition) is 5. The van der Waals surface area contributed by atoms with Crippen LogP contribution in [-0.4, -0.2) is 54.9 Å². The van der Waals surface area contributed by atoms with Crippen molar-refractivity contribution in [3.63, 3.8) is 0 Å². The van der Waals surface area contributed by atoms with Gasteiger partial charge in [-0.15, -0.1) is 0 Å². The molecule has 4 rings (SSSR count). The van der Waals surface area contributed by atoms with Crippen molar-refractivity contribution in [2.24, 2.45) is 11.7 Å². The molecule has 7 N–H and O–H groups in total. The van der Waals surface area contributed by atoms with Gasteiger partial charge in [-0.2, -0.15) is 9.97 Å². The molecule has 0 saturated heterocycles. The Morgan fingerprint density at radius 2 is 2.08 bits per heavy atom. The van der Waals surface area contributed by atoms with Crippen LogP contribution < -0.4 is 16.8 Å². The van der Waals surface area contributed by atoms with E-state index in [-0.39, 0.29) is 31.1 Å². The van der Waals surface area contributed by atoms with Crippen LogP contribution in [0, 0.1) is 5.92 Å². The SMILES string of the molecule is NCC(=O)O.Nc1nc(NC2CC2)c2ncn([C@H]3C=C[C@@H](CO)C3)c2n1. The third-order valence-corrected chi connectivity index (χ3v) is 4.27. The highest BCUT2D eigenvalue weighted by molar-refractivity contribution is 5.84. The summed E-state index contributed by atoms with van der Waals surface area (Å²) in [5, 5.41) is 20.2. The van der Waals surface area contributed by atoms with Crippen LogP contribution >= 0.6 is 0 Å². The van der Waals surface area contributed by atoms with Crippen LogP contribution in [0.5, 0.6) is 0 Å². The van der Waals surface area contributed by atoms with Gasteiger partial charge in [-0.05, 0) is 19.3 Å². The van der Waals surface area contributed by atoms with Gasteiger partial charge in [-0.3, -0.25) is 4.79 Å². The predicted molar refractivity (Wildman–Crippen MR) is 96.4 cm³/mol. The number of aliphatic hydroxyl groups is 1. The minimum atomic E-state index is -0.968. The molecule has 0 bridgehead atoms. The van der Waals surface area contributed by atoms with Gasteiger partial charge in [-0.1, -0.05) is 12.2 Å². The first-order valence-corrected chi connectivity index (χ1v) is 8.49. The Balaban J connectivity index is 0.000000349. The van der Waals surface area contributed by atoms with E-state index in [4.69, 9.17) is 10.8 Å². The number of nitrogens with two attached hydrogens (primary N) is 2. The lowest BCUT2D eigenvalue weighted by atomic mass is 10.1. The maximum Gasteiger partial charge on any atom is 0.317 e. The number of aromatic nitrogens is 4. The normalized spacial score (nSPS) is 21.5. The number of carboxylic acids is 1. The first kappa shape index (κ1) is 18.1. The van der Waals surface area contributed by atoms with E-state index in [1.165, 1.54) is 0 Å². The van der Waals surface area contributed by atoms with E-state index in [1.807, 2.05) is 10.6 Å². The Kier molecular flexibility index (Phi) is 5.33. The van der Waals surface area contributed by atoms with Crippen molar-refractivity contribution < 1.29 is 15.0 Å². The number of nitrogens with one attached hydrogen (secondary N) is 1. The van der Waals surface area contributed by atoms with Gasteiger partial charge in [0.25, 0.3) is 0 Å². The fourth-order valence-electron chi connectivity index (χ4n) is 2.79. The van der Waals surface area contributed by atoms with Crippen molar-refractivity contribution in [3.8, 4) is 0 Å². The van der Waals surface area contributed by atoms with Crippen LogP contribution in [0.1, 0.15) is 25.3 Å². The molecule has 2 aromatic rings. The van der Waals surface area contributed by atoms with E-state index in [0.717, 1.165) is 36.2 Å². The molecule has 2 aromatic heterocycles. The topological polar surface area (TPSA) is 165 Å². The van der Waals surface area contributed by atoms with Crippen molar-refractivity contribution in [1.82, 2.24) is 19.5 Å². The molecular weight excluding hydrogens is 338 g/mol. The number of hydrogen-bond acceptors (Lipinski definition) is 8. The van der Waals surface area contributed by atoms with Crippen molar-refractivity contribution in [3.05, 3.63) is 18.5 Å². The van der Waals surface area contributed by atoms with E-state index in [0.29, 0.717) is 6.04 Å². The molecule has 2 aliphatic rings. The van der Waals surface area contributed by atoms with E-state index < -0.39 is 5.97 Å². The zero-order valence-electron chi connectivity index (χ0n) is 14.2. The number of aliphatic hydroxyl groups excluding tert-OH is 1. The van der Waals surface area contributed by atoms with Gasteiger partial charge in [0.1, 0.15) is 0 Å². The standard InChI is InChI=1S/C14H18N6O.C2H5NO2/c15-14-18-12(17-9-2-3-9)11-13(19-14)20(7-16-11)10-4-1-8(5-10)6-21;3-1-2(4)5/h1,4,7-10,21H,2-3,5-6H2,(H3,15,17,18,19);1,3H2,(H,4,5)/t8-,10+;/m1./s1. The van der Waals surface area contributed by atoms with Gasteiger partial charge in [0.2, 0.25) is 5.95 Å². The summed E-state index contributed by atoms with van der Waals surface area (Å²) in [6, 6.07) is 0.646. The first-order chi connectivity index (χ1) is 12.5. The highest BCUT2D eigenvalue weighted by Crippen LogP contribution is 2.32. The van der Waals surface area contributed by atoms with Crippen LogP contribution in [0.4, 0.5) is 11.8 Å². The average Bonchev–Trinajstić information content (AvgIpc) is 3.14. The molecule has 0 spiro atoms. The van der Waals surface area contributed by atoms with E-state index >= 15 is 0 Å². The highest BCUT2D eigenvalue weighted by atomic mass is 16.4. The van der Waals surface area contributed by atoms with Crippen molar-refractivity contribution in [1.29, 1.82) is 0 Å². The molecule has 26 heavy (non-hydrogen) atoms. The lowest BCUT2D eigenvalue weighted by Crippen LogP contribution is -2.10. The van der Waals surface area contributed by atoms with Crippen LogP contribution in [0.15, 0.2) is 18.5 Å². The number of carbonyl (C=O) groups is 1. The van der Waals surface area contributed by atoms with Gasteiger partial charge in [0, 0.05) is 18.6 Å². The molecule has 0 radical (unpaired) electrons. The second-order valence-electron chi connectivity index (χ2n) is 6.40. The average molecular weight is 361 g/mol. The molecule has 0 aromatic carbocycles. The van der Waals surface area contributed by atoms with Crippen LogP contribution in [-0.2, 0) is 4.79 Å². The molecule has 0 unspecified atom stereocenters. The second kappa shape index (κ2) is 7.67. The minimum Gasteiger partial charge on any atom is -0.480 e. The Morgan fingerprint density at radius 1 is 1.35 bits per heavy atom. The number of aliphatic carboxylic acids is 1. The molecule has 2 atom stereocenters. The molecule has 2 aliphatic carbocycles. The van der Waals surface area contributed by atoms with Crippen LogP contribution in [0.25, 0.3) is 11.2 Å². The highest BCUT2D eigenvalue weighted by Gasteiger charge is 2.26. The Labute approximate surface area is 149 Å². The molecule has 0 amide bonds. The molecule has 2 heterocycles. The zero-order valence-corrected chi connectivity index (χ0v) is 14.2. The molecule has 1 fully saturated rings. The summed E-state index contributed by atoms with van der Waals surface area (Å²) in [5.74, 6) is 0.216. The number of nitrogen functional groups attached to an aromatic ring is 1. The fraction of sp³-hybridized carbons (Fsp3) is 0.500. The van der Waals surface area contributed by atoms with Gasteiger partial charge >= 0.3 is 5.97 Å². The summed E-state index contributed by atoms with van der Waals surface area (Å²) in [7, 11) is 0. The molecule has 1 saturated carbocycles. The number of nitrogens with zero attached hydrogens (tertiary/aromatic N) is 4. The van der Waals surface area contributed by atoms with E-state index in [1.54, 1.807) is 6.33 Å². The second-order valence-corrected chi connectivity index (χ2v) is 6.40. The van der Waals surface area contributed by atoms with Crippen LogP contribution in [0.2, 0.25) is 0 Å². The third kappa shape index (κ3) is 4.09. The molecule has 10 heteroatoms. The molecule has 10 nitrogen and oxygen atoms in total. The number of imidazole rings is 1. The predicted octanol–water partition coefficient (Wildman–Crippen LogP) is 0.122. The summed E-state index contributed by atoms with van der Waals surface area (Å²) >= 11 is 0. The molecule has 0 aliphatic heterocycles. The number of rotatable bonds is 5. The number of fused-ring (bicyclic) bond motifs is 1. The van der Waals surface area contributed by atoms with Crippen LogP contribution in [0.3, 0.4) is 0 Å². The third-order valence-electron chi connectivity index (χ3n) is 4.27. The maximum absolute atomic E-state index is 9.26. The maximum atomic E-state index is 9.26. The Hall–Kier alpha value is -2.72. The summed E-state index contributed by atoms with van der Waals surface area (Å²) < 4.78 is 2.01. The lowest BCUT2D eigenvalue weighted by molar-refractivity contribution is -0.135. The summed E-state index contributed by atoms with van der Waals surface area (Å²) in [6.45, 7) is -0.106. The van der Waals surface area contributed by atoms with E-state index in [9.17, 15) is 9.90 Å². The van der Waals surface area contributed by atoms with Crippen molar-refractivity contribution >= 4 is 28.9 Å². The summed E-state index contributed by atoms with van der Waals surface area (Å²) in [6.07, 6.45) is 9.10. The minimum absolute atomic E-state index is 0.162. The van der Waals surface area contributed by atoms with Gasteiger partial charge in [0.15, 0.2) is 17.0 Å². The Morgan fingerprint density at radius 3 is 2.65 bits per heavy atom. The first-order valence-electron chi connectivity index (χ1n) is 8.49. The monoisotopic (exact) mass is 361 g/mol. The zero-order chi connectivity index (χ0) is 18.7. The smallest absolute Gasteiger partial charge is 0.317 e. The Bertz CT molecular complexity index is 816. The van der Waals surface area contributed by atoms with Crippen molar-refractivity contribution in [2.75, 3.05) is 24.2 Å². The summed E-state index contributed by atoms with van der Waals surface area (Å²) in [4.78, 5) is 22.3. The van der Waals surface area contributed by atoms with Crippen molar-refractivity contribution in [2.45, 2.75) is 31.3 Å². The lowest BCUT2D eigenvalue weighted by Gasteiger charge is -2.13. The number of allylic oxidation sites excluding steroid dienone is 1. The van der Waals surface area contributed by atoms with Gasteiger partial charge < -0.3 is 31.6 Å².